The number of nitrogens with one attached hydrogen (secondary N) is 2. The predicted octanol–water partition coefficient (Wildman–Crippen LogP) is 0.690. The number of hydrogen-bond donors (Lipinski definition) is 2. The summed E-state index contributed by atoms with van der Waals surface area (Å²) in [6.45, 7) is 2.02. The first-order chi connectivity index (χ1) is 11.8. The van der Waals surface area contributed by atoms with Gasteiger partial charge in [0.2, 0.25) is 5.91 Å². The Morgan fingerprint density at radius 1 is 1.24 bits per heavy atom. The molecule has 136 valence electrons. The van der Waals surface area contributed by atoms with Crippen molar-refractivity contribution in [3.63, 3.8) is 0 Å². The minimum Gasteiger partial charge on any atom is -0.354 e. The summed E-state index contributed by atoms with van der Waals surface area (Å²) in [5.41, 5.74) is 2.36. The zero-order valence-corrected chi connectivity index (χ0v) is 15.4. The number of imidazole rings is 1. The average molecular weight is 365 g/mol. The fourth-order valence-electron chi connectivity index (χ4n) is 2.16. The molecule has 0 atom stereocenters. The van der Waals surface area contributed by atoms with Crippen molar-refractivity contribution in [1.29, 1.82) is 0 Å². The normalized spacial score (nSPS) is 11.5. The van der Waals surface area contributed by atoms with E-state index in [-0.39, 0.29) is 12.5 Å². The molecule has 1 aromatic heterocycles. The molecule has 0 saturated heterocycles. The van der Waals surface area contributed by atoms with Crippen molar-refractivity contribution in [2.75, 3.05) is 31.5 Å². The first-order valence-electron chi connectivity index (χ1n) is 7.81. The van der Waals surface area contributed by atoms with Crippen LogP contribution in [0.2, 0.25) is 0 Å². The van der Waals surface area contributed by atoms with Crippen LogP contribution in [0, 0.1) is 6.92 Å². The third kappa shape index (κ3) is 5.04. The number of aromatic amines is 1. The van der Waals surface area contributed by atoms with Crippen molar-refractivity contribution < 1.29 is 13.2 Å². The van der Waals surface area contributed by atoms with E-state index in [1.807, 2.05) is 19.1 Å². The first kappa shape index (κ1) is 18.9. The molecule has 1 heterocycles. The maximum absolute atomic E-state index is 12.6. The van der Waals surface area contributed by atoms with Crippen molar-refractivity contribution in [3.05, 3.63) is 48.0 Å². The molecule has 2 rings (SSSR count). The van der Waals surface area contributed by atoms with E-state index in [0.717, 1.165) is 19.9 Å². The van der Waals surface area contributed by atoms with Gasteiger partial charge < -0.3 is 10.3 Å². The lowest BCUT2D eigenvalue weighted by Crippen LogP contribution is -2.46. The van der Waals surface area contributed by atoms with Crippen molar-refractivity contribution in [2.24, 2.45) is 0 Å². The highest BCUT2D eigenvalue weighted by Gasteiger charge is 2.27. The Kier molecular flexibility index (Phi) is 6.16. The number of aromatic nitrogens is 2. The number of aryl methyl sites for hydroxylation is 1. The minimum absolute atomic E-state index is 0.285. The molecule has 0 saturated carbocycles. The minimum atomic E-state index is -3.78. The third-order valence-electron chi connectivity index (χ3n) is 3.62. The Hall–Kier alpha value is -2.39. The van der Waals surface area contributed by atoms with Gasteiger partial charge in [-0.3, -0.25) is 4.79 Å². The van der Waals surface area contributed by atoms with Crippen molar-refractivity contribution in [1.82, 2.24) is 19.6 Å². The number of H-pyrrole nitrogens is 1. The van der Waals surface area contributed by atoms with Crippen molar-refractivity contribution in [2.45, 2.75) is 13.3 Å². The van der Waals surface area contributed by atoms with E-state index in [1.165, 1.54) is 14.1 Å². The van der Waals surface area contributed by atoms with E-state index in [2.05, 4.69) is 15.3 Å². The molecule has 2 N–H and O–H groups in total. The van der Waals surface area contributed by atoms with Gasteiger partial charge in [-0.15, -0.1) is 0 Å². The molecule has 9 heteroatoms. The predicted molar refractivity (Wildman–Crippen MR) is 96.4 cm³/mol. The Balaban J connectivity index is 2.07. The second kappa shape index (κ2) is 8.13. The standard InChI is InChI=1S/C16H23N5O3S/c1-13-4-6-15(7-5-13)21(25(23,24)20(2)3)11-16(22)18-9-8-14-10-17-12-19-14/h4-7,10,12H,8-9,11H2,1-3H3,(H,17,19)(H,18,22). The highest BCUT2D eigenvalue weighted by molar-refractivity contribution is 7.90. The van der Waals surface area contributed by atoms with E-state index >= 15 is 0 Å². The molecular formula is C16H23N5O3S. The zero-order chi connectivity index (χ0) is 18.4. The van der Waals surface area contributed by atoms with Crippen LogP contribution < -0.4 is 9.62 Å². The Labute approximate surface area is 148 Å². The Morgan fingerprint density at radius 3 is 2.48 bits per heavy atom. The van der Waals surface area contributed by atoms with Crippen LogP contribution in [0.1, 0.15) is 11.3 Å². The fourth-order valence-corrected chi connectivity index (χ4v) is 3.22. The lowest BCUT2D eigenvalue weighted by Gasteiger charge is -2.27. The molecule has 8 nitrogen and oxygen atoms in total. The van der Waals surface area contributed by atoms with Crippen LogP contribution in [0.15, 0.2) is 36.8 Å². The SMILES string of the molecule is Cc1ccc(N(CC(=O)NCCc2cnc[nH]2)S(=O)(=O)N(C)C)cc1. The van der Waals surface area contributed by atoms with E-state index in [1.54, 1.807) is 24.7 Å². The quantitative estimate of drug-likeness (QED) is 0.719. The number of carbonyl (C=O) groups excluding carboxylic acids is 1. The average Bonchev–Trinajstić information content (AvgIpc) is 3.07. The van der Waals surface area contributed by atoms with Gasteiger partial charge in [0.25, 0.3) is 0 Å². The highest BCUT2D eigenvalue weighted by atomic mass is 32.2. The molecule has 0 spiro atoms. The molecule has 0 radical (unpaired) electrons. The highest BCUT2D eigenvalue weighted by Crippen LogP contribution is 2.19. The summed E-state index contributed by atoms with van der Waals surface area (Å²) in [5, 5.41) is 2.73. The van der Waals surface area contributed by atoms with E-state index in [9.17, 15) is 13.2 Å². The Bertz CT molecular complexity index is 786. The maximum Gasteiger partial charge on any atom is 0.304 e. The summed E-state index contributed by atoms with van der Waals surface area (Å²) in [7, 11) is -0.904. The second-order valence-electron chi connectivity index (χ2n) is 5.81. The molecule has 2 aromatic rings. The van der Waals surface area contributed by atoms with Gasteiger partial charge in [0, 0.05) is 39.0 Å². The summed E-state index contributed by atoms with van der Waals surface area (Å²) in [5.74, 6) is -0.370. The number of rotatable bonds is 8. The second-order valence-corrected chi connectivity index (χ2v) is 7.88. The van der Waals surface area contributed by atoms with Crippen LogP contribution in [0.5, 0.6) is 0 Å². The Morgan fingerprint density at radius 2 is 1.92 bits per heavy atom. The fraction of sp³-hybridized carbons (Fsp3) is 0.375. The molecule has 0 aliphatic rings. The zero-order valence-electron chi connectivity index (χ0n) is 14.6. The summed E-state index contributed by atoms with van der Waals surface area (Å²) in [6.07, 6.45) is 3.85. The van der Waals surface area contributed by atoms with Crippen LogP contribution in [-0.4, -0.2) is 55.8 Å². The molecular weight excluding hydrogens is 342 g/mol. The summed E-state index contributed by atoms with van der Waals surface area (Å²) in [4.78, 5) is 19.1. The molecule has 0 aliphatic heterocycles. The molecule has 0 bridgehead atoms. The molecule has 25 heavy (non-hydrogen) atoms. The lowest BCUT2D eigenvalue weighted by atomic mass is 10.2. The van der Waals surface area contributed by atoms with Gasteiger partial charge in [0.1, 0.15) is 6.54 Å². The molecule has 0 fully saturated rings. The van der Waals surface area contributed by atoms with E-state index in [0.29, 0.717) is 18.7 Å². The largest absolute Gasteiger partial charge is 0.354 e. The first-order valence-corrected chi connectivity index (χ1v) is 9.21. The molecule has 1 amide bonds. The summed E-state index contributed by atoms with van der Waals surface area (Å²) in [6, 6.07) is 7.00. The third-order valence-corrected chi connectivity index (χ3v) is 5.44. The number of nitrogens with zero attached hydrogens (tertiary/aromatic N) is 3. The molecule has 1 aromatic carbocycles. The maximum atomic E-state index is 12.6. The number of benzene rings is 1. The van der Waals surface area contributed by atoms with Gasteiger partial charge >= 0.3 is 10.2 Å². The smallest absolute Gasteiger partial charge is 0.304 e. The molecule has 0 aliphatic carbocycles. The van der Waals surface area contributed by atoms with E-state index in [4.69, 9.17) is 0 Å². The van der Waals surface area contributed by atoms with Gasteiger partial charge in [0.05, 0.1) is 12.0 Å². The van der Waals surface area contributed by atoms with Crippen molar-refractivity contribution >= 4 is 21.8 Å². The van der Waals surface area contributed by atoms with Gasteiger partial charge in [-0.2, -0.15) is 12.7 Å². The van der Waals surface area contributed by atoms with Crippen LogP contribution in [0.25, 0.3) is 0 Å². The topological polar surface area (TPSA) is 98.4 Å². The van der Waals surface area contributed by atoms with Crippen LogP contribution in [0.3, 0.4) is 0 Å². The summed E-state index contributed by atoms with van der Waals surface area (Å²) < 4.78 is 27.3. The van der Waals surface area contributed by atoms with Crippen LogP contribution >= 0.6 is 0 Å². The lowest BCUT2D eigenvalue weighted by molar-refractivity contribution is -0.119. The number of carbonyl (C=O) groups is 1. The van der Waals surface area contributed by atoms with Gasteiger partial charge in [-0.05, 0) is 19.1 Å². The summed E-state index contributed by atoms with van der Waals surface area (Å²) >= 11 is 0. The molecule has 0 unspecified atom stereocenters. The van der Waals surface area contributed by atoms with E-state index < -0.39 is 10.2 Å². The monoisotopic (exact) mass is 365 g/mol. The van der Waals surface area contributed by atoms with Gasteiger partial charge in [0.15, 0.2) is 0 Å². The van der Waals surface area contributed by atoms with Gasteiger partial charge in [-0.1, -0.05) is 17.7 Å². The van der Waals surface area contributed by atoms with Crippen LogP contribution in [0.4, 0.5) is 5.69 Å². The van der Waals surface area contributed by atoms with Crippen molar-refractivity contribution in [3.8, 4) is 0 Å². The van der Waals surface area contributed by atoms with Gasteiger partial charge in [-0.25, -0.2) is 9.29 Å². The number of hydrogen-bond acceptors (Lipinski definition) is 4. The number of amides is 1. The number of anilines is 1. The van der Waals surface area contributed by atoms with Crippen LogP contribution in [-0.2, 0) is 21.4 Å².